The van der Waals surface area contributed by atoms with Gasteiger partial charge in [-0.15, -0.1) is 0 Å². The fraction of sp³-hybridized carbons (Fsp3) is 0.294. The van der Waals surface area contributed by atoms with Crippen molar-refractivity contribution >= 4 is 5.69 Å². The van der Waals surface area contributed by atoms with E-state index in [4.69, 9.17) is 0 Å². The second kappa shape index (κ2) is 5.16. The highest BCUT2D eigenvalue weighted by molar-refractivity contribution is 5.57. The number of benzene rings is 2. The van der Waals surface area contributed by atoms with Crippen molar-refractivity contribution in [3.05, 3.63) is 59.4 Å². The third kappa shape index (κ3) is 2.24. The van der Waals surface area contributed by atoms with Crippen molar-refractivity contribution in [3.63, 3.8) is 0 Å². The number of halogens is 1. The minimum Gasteiger partial charge on any atom is -0.508 e. The first-order valence-corrected chi connectivity index (χ1v) is 7.00. The summed E-state index contributed by atoms with van der Waals surface area (Å²) in [6.45, 7) is 2.94. The molecule has 2 nitrogen and oxygen atoms in total. The molecular formula is C17H18FNO. The summed E-state index contributed by atoms with van der Waals surface area (Å²) >= 11 is 0. The monoisotopic (exact) mass is 271 g/mol. The molecule has 0 fully saturated rings. The van der Waals surface area contributed by atoms with E-state index in [9.17, 15) is 9.50 Å². The number of anilines is 1. The molecule has 1 aliphatic rings. The molecule has 1 heterocycles. The number of fused-ring (bicyclic) bond motifs is 1. The Morgan fingerprint density at radius 2 is 2.00 bits per heavy atom. The van der Waals surface area contributed by atoms with E-state index in [2.05, 4.69) is 17.0 Å². The van der Waals surface area contributed by atoms with Crippen LogP contribution in [0.2, 0.25) is 0 Å². The van der Waals surface area contributed by atoms with E-state index in [1.54, 1.807) is 0 Å². The Morgan fingerprint density at radius 1 is 1.20 bits per heavy atom. The molecule has 0 spiro atoms. The standard InChI is InChI=1S/C17H18FNO/c1-12(15-11-14(18)8-9-17(15)20)19-10-4-6-13-5-2-3-7-16(13)19/h2-3,5,7-9,11-12,20H,4,6,10H2,1H3. The molecule has 0 aromatic heterocycles. The molecule has 1 unspecified atom stereocenters. The normalized spacial score (nSPS) is 15.8. The lowest BCUT2D eigenvalue weighted by Crippen LogP contribution is -2.32. The number of phenols is 1. The maximum absolute atomic E-state index is 13.4. The van der Waals surface area contributed by atoms with Gasteiger partial charge in [-0.05, 0) is 49.6 Å². The van der Waals surface area contributed by atoms with Crippen molar-refractivity contribution in [3.8, 4) is 5.75 Å². The summed E-state index contributed by atoms with van der Waals surface area (Å²) < 4.78 is 13.4. The van der Waals surface area contributed by atoms with Gasteiger partial charge in [-0.2, -0.15) is 0 Å². The molecule has 1 atom stereocenters. The average molecular weight is 271 g/mol. The molecule has 1 N–H and O–H groups in total. The van der Waals surface area contributed by atoms with Crippen molar-refractivity contribution in [1.29, 1.82) is 0 Å². The van der Waals surface area contributed by atoms with Gasteiger partial charge in [-0.25, -0.2) is 4.39 Å². The summed E-state index contributed by atoms with van der Waals surface area (Å²) in [5.41, 5.74) is 3.15. The van der Waals surface area contributed by atoms with Gasteiger partial charge in [0.15, 0.2) is 0 Å². The number of nitrogens with zero attached hydrogens (tertiary/aromatic N) is 1. The number of hydrogen-bond acceptors (Lipinski definition) is 2. The van der Waals surface area contributed by atoms with Crippen LogP contribution in [0.1, 0.15) is 30.5 Å². The summed E-state index contributed by atoms with van der Waals surface area (Å²) in [4.78, 5) is 2.24. The molecule has 3 heteroatoms. The average Bonchev–Trinajstić information content (AvgIpc) is 2.48. The predicted octanol–water partition coefficient (Wildman–Crippen LogP) is 4.05. The second-order valence-corrected chi connectivity index (χ2v) is 5.30. The highest BCUT2D eigenvalue weighted by atomic mass is 19.1. The number of hydrogen-bond donors (Lipinski definition) is 1. The van der Waals surface area contributed by atoms with Gasteiger partial charge in [-0.1, -0.05) is 18.2 Å². The van der Waals surface area contributed by atoms with Crippen LogP contribution in [0.5, 0.6) is 5.75 Å². The van der Waals surface area contributed by atoms with Crippen molar-refractivity contribution in [1.82, 2.24) is 0 Å². The van der Waals surface area contributed by atoms with Crippen LogP contribution in [-0.2, 0) is 6.42 Å². The van der Waals surface area contributed by atoms with E-state index < -0.39 is 0 Å². The van der Waals surface area contributed by atoms with Crippen molar-refractivity contribution in [2.24, 2.45) is 0 Å². The Kier molecular flexibility index (Phi) is 3.35. The molecule has 104 valence electrons. The third-order valence-corrected chi connectivity index (χ3v) is 4.05. The minimum atomic E-state index is -0.310. The van der Waals surface area contributed by atoms with Crippen molar-refractivity contribution < 1.29 is 9.50 Å². The highest BCUT2D eigenvalue weighted by Crippen LogP contribution is 2.36. The molecule has 0 aliphatic carbocycles. The molecule has 3 rings (SSSR count). The smallest absolute Gasteiger partial charge is 0.123 e. The van der Waals surface area contributed by atoms with Gasteiger partial charge in [0.1, 0.15) is 11.6 Å². The minimum absolute atomic E-state index is 0.0489. The summed E-state index contributed by atoms with van der Waals surface area (Å²) in [5, 5.41) is 9.99. The Hall–Kier alpha value is -2.03. The molecule has 2 aromatic rings. The zero-order chi connectivity index (χ0) is 14.1. The van der Waals surface area contributed by atoms with Crippen LogP contribution in [0.25, 0.3) is 0 Å². The summed E-state index contributed by atoms with van der Waals surface area (Å²) in [7, 11) is 0. The van der Waals surface area contributed by atoms with Crippen molar-refractivity contribution in [2.45, 2.75) is 25.8 Å². The summed E-state index contributed by atoms with van der Waals surface area (Å²) in [5.74, 6) is -0.156. The molecule has 0 bridgehead atoms. The van der Waals surface area contributed by atoms with Crippen LogP contribution in [0.3, 0.4) is 0 Å². The van der Waals surface area contributed by atoms with Crippen LogP contribution in [0.15, 0.2) is 42.5 Å². The lowest BCUT2D eigenvalue weighted by molar-refractivity contribution is 0.456. The number of phenolic OH excluding ortho intramolecular Hbond substituents is 1. The van der Waals surface area contributed by atoms with Crippen LogP contribution in [-0.4, -0.2) is 11.7 Å². The van der Waals surface area contributed by atoms with Crippen LogP contribution < -0.4 is 4.90 Å². The maximum Gasteiger partial charge on any atom is 0.123 e. The van der Waals surface area contributed by atoms with E-state index in [0.29, 0.717) is 5.56 Å². The molecule has 0 saturated heterocycles. The van der Waals surface area contributed by atoms with Gasteiger partial charge in [0, 0.05) is 17.8 Å². The quantitative estimate of drug-likeness (QED) is 0.891. The molecule has 2 aromatic carbocycles. The van der Waals surface area contributed by atoms with Crippen LogP contribution in [0, 0.1) is 5.82 Å². The molecule has 20 heavy (non-hydrogen) atoms. The van der Waals surface area contributed by atoms with Crippen LogP contribution in [0.4, 0.5) is 10.1 Å². The lowest BCUT2D eigenvalue weighted by Gasteiger charge is -2.36. The van der Waals surface area contributed by atoms with Crippen molar-refractivity contribution in [2.75, 3.05) is 11.4 Å². The van der Waals surface area contributed by atoms with Gasteiger partial charge >= 0.3 is 0 Å². The SMILES string of the molecule is CC(c1cc(F)ccc1O)N1CCCc2ccccc21. The van der Waals surface area contributed by atoms with Crippen LogP contribution >= 0.6 is 0 Å². The zero-order valence-corrected chi connectivity index (χ0v) is 11.5. The first kappa shape index (κ1) is 13.0. The number of aromatic hydroxyl groups is 1. The molecule has 1 aliphatic heterocycles. The maximum atomic E-state index is 13.4. The fourth-order valence-electron chi connectivity index (χ4n) is 2.99. The lowest BCUT2D eigenvalue weighted by atomic mass is 9.97. The highest BCUT2D eigenvalue weighted by Gasteiger charge is 2.24. The topological polar surface area (TPSA) is 23.5 Å². The second-order valence-electron chi connectivity index (χ2n) is 5.30. The van der Waals surface area contributed by atoms with Gasteiger partial charge in [-0.3, -0.25) is 0 Å². The Balaban J connectivity index is 1.99. The first-order chi connectivity index (χ1) is 9.66. The zero-order valence-electron chi connectivity index (χ0n) is 11.5. The third-order valence-electron chi connectivity index (χ3n) is 4.05. The summed E-state index contributed by atoms with van der Waals surface area (Å²) in [6.07, 6.45) is 2.16. The predicted molar refractivity (Wildman–Crippen MR) is 78.6 cm³/mol. The van der Waals surface area contributed by atoms with Gasteiger partial charge < -0.3 is 10.0 Å². The number of aryl methyl sites for hydroxylation is 1. The van der Waals surface area contributed by atoms with Gasteiger partial charge in [0.2, 0.25) is 0 Å². The molecule has 0 radical (unpaired) electrons. The van der Waals surface area contributed by atoms with E-state index in [0.717, 1.165) is 19.4 Å². The van der Waals surface area contributed by atoms with Gasteiger partial charge in [0.05, 0.1) is 6.04 Å². The first-order valence-electron chi connectivity index (χ1n) is 7.00. The number of rotatable bonds is 2. The molecular weight excluding hydrogens is 253 g/mol. The Morgan fingerprint density at radius 3 is 2.85 bits per heavy atom. The Bertz CT molecular complexity index is 626. The fourth-order valence-corrected chi connectivity index (χ4v) is 2.99. The van der Waals surface area contributed by atoms with E-state index in [1.807, 2.05) is 19.1 Å². The van der Waals surface area contributed by atoms with E-state index in [-0.39, 0.29) is 17.6 Å². The summed E-state index contributed by atoms with van der Waals surface area (Å²) in [6, 6.07) is 12.4. The Labute approximate surface area is 118 Å². The molecule has 0 saturated carbocycles. The number of para-hydroxylation sites is 1. The van der Waals surface area contributed by atoms with Gasteiger partial charge in [0.25, 0.3) is 0 Å². The molecule has 0 amide bonds. The van der Waals surface area contributed by atoms with E-state index >= 15 is 0 Å². The van der Waals surface area contributed by atoms with E-state index in [1.165, 1.54) is 29.4 Å². The largest absolute Gasteiger partial charge is 0.508 e.